The number of hydrogen-bond donors (Lipinski definition) is 3. The molecule has 0 radical (unpaired) electrons. The molecule has 11 heteroatoms. The van der Waals surface area contributed by atoms with E-state index in [0.29, 0.717) is 28.5 Å². The van der Waals surface area contributed by atoms with Crippen LogP contribution in [0.3, 0.4) is 0 Å². The number of carbonyl (C=O) groups excluding carboxylic acids is 1. The Bertz CT molecular complexity index is 1370. The summed E-state index contributed by atoms with van der Waals surface area (Å²) in [7, 11) is -3.71. The lowest BCUT2D eigenvalue weighted by Crippen LogP contribution is -2.32. The van der Waals surface area contributed by atoms with Crippen LogP contribution in [0.2, 0.25) is 0 Å². The first-order valence-electron chi connectivity index (χ1n) is 10.4. The number of thiol groups is 1. The van der Waals surface area contributed by atoms with Crippen LogP contribution in [0.1, 0.15) is 22.9 Å². The third kappa shape index (κ3) is 6.17. The Labute approximate surface area is 212 Å². The summed E-state index contributed by atoms with van der Waals surface area (Å²) in [6.07, 6.45) is 2.58. The second-order valence-corrected chi connectivity index (χ2v) is 11.6. The van der Waals surface area contributed by atoms with Gasteiger partial charge >= 0.3 is 5.97 Å². The topological polar surface area (TPSA) is 117 Å². The fourth-order valence-electron chi connectivity index (χ4n) is 3.52. The van der Waals surface area contributed by atoms with E-state index in [9.17, 15) is 23.1 Å². The number of carboxylic acids is 1. The first-order chi connectivity index (χ1) is 16.6. The fraction of sp³-hybridized carbons (Fsp3) is 0.167. The molecule has 1 fully saturated rings. The highest BCUT2D eigenvalue weighted by molar-refractivity contribution is 8.14. The molecule has 0 spiro atoms. The second kappa shape index (κ2) is 10.3. The van der Waals surface area contributed by atoms with Crippen LogP contribution in [0.5, 0.6) is 0 Å². The van der Waals surface area contributed by atoms with E-state index >= 15 is 0 Å². The number of furan rings is 1. The minimum Gasteiger partial charge on any atom is -0.480 e. The van der Waals surface area contributed by atoms with Crippen molar-refractivity contribution in [3.05, 3.63) is 88.5 Å². The third-order valence-corrected chi connectivity index (χ3v) is 7.44. The Hall–Kier alpha value is -2.99. The summed E-state index contributed by atoms with van der Waals surface area (Å²) in [5.74, 6) is -0.425. The first kappa shape index (κ1) is 25.1. The lowest BCUT2D eigenvalue weighted by molar-refractivity contribution is -0.139. The molecule has 3 aromatic rings. The minimum absolute atomic E-state index is 0.126. The van der Waals surface area contributed by atoms with Crippen LogP contribution in [0.4, 0.5) is 0 Å². The van der Waals surface area contributed by atoms with Gasteiger partial charge in [0.2, 0.25) is 10.0 Å². The zero-order valence-electron chi connectivity index (χ0n) is 18.5. The van der Waals surface area contributed by atoms with Crippen molar-refractivity contribution in [1.29, 1.82) is 0 Å². The zero-order valence-corrected chi connectivity index (χ0v) is 21.0. The van der Waals surface area contributed by atoms with Crippen molar-refractivity contribution in [2.75, 3.05) is 6.26 Å². The molecule has 2 heterocycles. The van der Waals surface area contributed by atoms with Gasteiger partial charge < -0.3 is 14.4 Å². The zero-order chi connectivity index (χ0) is 25.2. The molecule has 4 rings (SSSR count). The summed E-state index contributed by atoms with van der Waals surface area (Å²) in [6, 6.07) is 18.1. The molecule has 0 saturated carbocycles. The number of sulfonamides is 1. The van der Waals surface area contributed by atoms with Gasteiger partial charge in [-0.3, -0.25) is 9.59 Å². The average Bonchev–Trinajstić information content (AvgIpc) is 3.38. The van der Waals surface area contributed by atoms with Crippen LogP contribution in [0.15, 0.2) is 76.1 Å². The van der Waals surface area contributed by atoms with Gasteiger partial charge in [-0.15, -0.1) is 12.6 Å². The molecule has 1 aromatic heterocycles. The number of aliphatic carboxylic acids is 1. The summed E-state index contributed by atoms with van der Waals surface area (Å²) in [5, 5.41) is 9.37. The Balaban J connectivity index is 1.49. The Morgan fingerprint density at radius 3 is 2.49 bits per heavy atom. The Morgan fingerprint density at radius 2 is 1.86 bits per heavy atom. The van der Waals surface area contributed by atoms with Crippen LogP contribution in [-0.2, 0) is 26.2 Å². The summed E-state index contributed by atoms with van der Waals surface area (Å²) in [5.41, 5.74) is 1.97. The van der Waals surface area contributed by atoms with Gasteiger partial charge in [0.05, 0.1) is 11.2 Å². The van der Waals surface area contributed by atoms with Crippen molar-refractivity contribution in [3.63, 3.8) is 0 Å². The van der Waals surface area contributed by atoms with Gasteiger partial charge in [-0.05, 0) is 23.3 Å². The van der Waals surface area contributed by atoms with E-state index < -0.39 is 22.0 Å². The van der Waals surface area contributed by atoms with Gasteiger partial charge in [0.15, 0.2) is 0 Å². The maximum atomic E-state index is 12.9. The second-order valence-electron chi connectivity index (χ2n) is 7.86. The molecular weight excluding hydrogens is 508 g/mol. The minimum atomic E-state index is -3.71. The number of amides is 1. The molecule has 0 aliphatic carbocycles. The standard InChI is InChI=1S/C24H22N2O6S3/c1-35(30,31)25-21(23(28)29)17-9-7-16(8-10-17)19-12-11-18(32-19)13-20-22(27)26(24(33)34-20)14-15-5-3-2-4-6-15/h2-13,21,24-25,33H,14H2,1H3,(H,28,29)/b20-13-/t21-,24-/m0/s1. The van der Waals surface area contributed by atoms with Crippen LogP contribution >= 0.6 is 24.4 Å². The predicted molar refractivity (Wildman–Crippen MR) is 138 cm³/mol. The third-order valence-electron chi connectivity index (χ3n) is 5.17. The molecule has 2 aromatic carbocycles. The molecule has 182 valence electrons. The fourth-order valence-corrected chi connectivity index (χ4v) is 5.64. The highest BCUT2D eigenvalue weighted by Crippen LogP contribution is 2.39. The van der Waals surface area contributed by atoms with E-state index in [2.05, 4.69) is 17.4 Å². The molecule has 35 heavy (non-hydrogen) atoms. The SMILES string of the molecule is CS(=O)(=O)N[C@H](C(=O)O)c1ccc(-c2ccc(/C=C3\S[C@H](S)N(Cc4ccccc4)C3=O)o2)cc1. The number of nitrogens with one attached hydrogen (secondary N) is 1. The van der Waals surface area contributed by atoms with Crippen LogP contribution < -0.4 is 4.72 Å². The van der Waals surface area contributed by atoms with E-state index in [4.69, 9.17) is 4.42 Å². The number of thioether (sulfide) groups is 1. The van der Waals surface area contributed by atoms with Crippen LogP contribution in [-0.4, -0.2) is 41.3 Å². The molecule has 2 atom stereocenters. The molecule has 0 bridgehead atoms. The van der Waals surface area contributed by atoms with Gasteiger partial charge in [0.25, 0.3) is 5.91 Å². The van der Waals surface area contributed by atoms with E-state index in [-0.39, 0.29) is 16.2 Å². The first-order valence-corrected chi connectivity index (χ1v) is 13.7. The van der Waals surface area contributed by atoms with Crippen molar-refractivity contribution < 1.29 is 27.5 Å². The van der Waals surface area contributed by atoms with E-state index in [1.165, 1.54) is 23.9 Å². The molecule has 1 aliphatic heterocycles. The Kier molecular flexibility index (Phi) is 7.41. The quantitative estimate of drug-likeness (QED) is 0.298. The van der Waals surface area contributed by atoms with Gasteiger partial charge in [-0.2, -0.15) is 4.72 Å². The van der Waals surface area contributed by atoms with Crippen molar-refractivity contribution in [3.8, 4) is 11.3 Å². The monoisotopic (exact) mass is 530 g/mol. The van der Waals surface area contributed by atoms with Gasteiger partial charge in [0.1, 0.15) is 22.3 Å². The van der Waals surface area contributed by atoms with Gasteiger partial charge in [-0.25, -0.2) is 8.42 Å². The lowest BCUT2D eigenvalue weighted by Gasteiger charge is -2.19. The molecule has 1 saturated heterocycles. The maximum Gasteiger partial charge on any atom is 0.326 e. The van der Waals surface area contributed by atoms with Crippen molar-refractivity contribution in [2.45, 2.75) is 17.3 Å². The summed E-state index contributed by atoms with van der Waals surface area (Å²) >= 11 is 5.89. The van der Waals surface area contributed by atoms with Crippen molar-refractivity contribution in [2.24, 2.45) is 0 Å². The maximum absolute atomic E-state index is 12.9. The largest absolute Gasteiger partial charge is 0.480 e. The van der Waals surface area contributed by atoms with Gasteiger partial charge in [-0.1, -0.05) is 66.4 Å². The van der Waals surface area contributed by atoms with Gasteiger partial charge in [0, 0.05) is 18.2 Å². The van der Waals surface area contributed by atoms with Crippen molar-refractivity contribution in [1.82, 2.24) is 9.62 Å². The molecular formula is C24H22N2O6S3. The molecule has 1 amide bonds. The highest BCUT2D eigenvalue weighted by atomic mass is 32.2. The number of benzene rings is 2. The highest BCUT2D eigenvalue weighted by Gasteiger charge is 2.34. The van der Waals surface area contributed by atoms with Crippen LogP contribution in [0.25, 0.3) is 17.4 Å². The average molecular weight is 531 g/mol. The Morgan fingerprint density at radius 1 is 1.17 bits per heavy atom. The summed E-state index contributed by atoms with van der Waals surface area (Å²) < 4.78 is 30.6. The molecule has 2 N–H and O–H groups in total. The van der Waals surface area contributed by atoms with E-state index in [1.54, 1.807) is 35.2 Å². The normalized spacial score (nSPS) is 18.2. The van der Waals surface area contributed by atoms with E-state index in [1.807, 2.05) is 30.3 Å². The molecule has 0 unspecified atom stereocenters. The summed E-state index contributed by atoms with van der Waals surface area (Å²) in [4.78, 5) is 26.6. The molecule has 1 aliphatic rings. The number of rotatable bonds is 8. The predicted octanol–water partition coefficient (Wildman–Crippen LogP) is 3.95. The number of nitrogens with zero attached hydrogens (tertiary/aromatic N) is 1. The van der Waals surface area contributed by atoms with E-state index in [0.717, 1.165) is 11.8 Å². The number of carboxylic acid groups (broad SMARTS) is 1. The van der Waals surface area contributed by atoms with Crippen molar-refractivity contribution >= 4 is 52.4 Å². The number of carbonyl (C=O) groups is 2. The molecule has 8 nitrogen and oxygen atoms in total. The number of hydrogen-bond acceptors (Lipinski definition) is 7. The lowest BCUT2D eigenvalue weighted by atomic mass is 10.0. The summed E-state index contributed by atoms with van der Waals surface area (Å²) in [6.45, 7) is 0.458. The smallest absolute Gasteiger partial charge is 0.326 e. The van der Waals surface area contributed by atoms with Crippen LogP contribution in [0, 0.1) is 0 Å².